The van der Waals surface area contributed by atoms with Gasteiger partial charge in [0.15, 0.2) is 0 Å². The molecule has 0 saturated carbocycles. The molecule has 0 N–H and O–H groups in total. The van der Waals surface area contributed by atoms with Crippen molar-refractivity contribution in [2.45, 2.75) is 26.4 Å². The van der Waals surface area contributed by atoms with Crippen molar-refractivity contribution < 1.29 is 9.47 Å². The quantitative estimate of drug-likeness (QED) is 0.188. The molecule has 5 aromatic carbocycles. The van der Waals surface area contributed by atoms with Crippen LogP contribution in [0.15, 0.2) is 121 Å². The van der Waals surface area contributed by atoms with E-state index in [9.17, 15) is 0 Å². The van der Waals surface area contributed by atoms with Crippen molar-refractivity contribution >= 4 is 43.4 Å². The third-order valence-corrected chi connectivity index (χ3v) is 7.41. The Bertz CT molecular complexity index is 1830. The summed E-state index contributed by atoms with van der Waals surface area (Å²) in [6.45, 7) is 1.94. The van der Waals surface area contributed by atoms with E-state index in [0.29, 0.717) is 26.4 Å². The highest BCUT2D eigenvalue weighted by molar-refractivity contribution is 6.02. The van der Waals surface area contributed by atoms with E-state index in [2.05, 4.69) is 109 Å². The molecule has 4 nitrogen and oxygen atoms in total. The van der Waals surface area contributed by atoms with Crippen LogP contribution in [0.25, 0.3) is 43.4 Å². The number of rotatable bonds is 8. The van der Waals surface area contributed by atoms with Gasteiger partial charge >= 0.3 is 0 Å². The summed E-state index contributed by atoms with van der Waals surface area (Å²) in [6, 6.07) is 41.9. The zero-order chi connectivity index (χ0) is 26.7. The number of nitrogens with zero attached hydrogens (tertiary/aromatic N) is 2. The van der Waals surface area contributed by atoms with Crippen molar-refractivity contribution in [1.29, 1.82) is 0 Å². The lowest BCUT2D eigenvalue weighted by Crippen LogP contribution is -2.00. The van der Waals surface area contributed by atoms with E-state index in [1.165, 1.54) is 32.7 Å². The molecule has 40 heavy (non-hydrogen) atoms. The number of hydrogen-bond donors (Lipinski definition) is 0. The maximum Gasteiger partial charge on any atom is 0.0969 e. The Morgan fingerprint density at radius 1 is 0.375 bits per heavy atom. The maximum atomic E-state index is 6.12. The molecule has 0 radical (unpaired) electrons. The van der Waals surface area contributed by atoms with Crippen LogP contribution >= 0.6 is 0 Å². The molecule has 2 aromatic heterocycles. The fourth-order valence-corrected chi connectivity index (χ4v) is 5.38. The molecule has 0 fully saturated rings. The minimum Gasteiger partial charge on any atom is -0.370 e. The van der Waals surface area contributed by atoms with Crippen LogP contribution in [0.4, 0.5) is 0 Å². The van der Waals surface area contributed by atoms with Gasteiger partial charge in [-0.15, -0.1) is 0 Å². The van der Waals surface area contributed by atoms with E-state index >= 15 is 0 Å². The third kappa shape index (κ3) is 4.91. The molecule has 0 bridgehead atoms. The number of benzene rings is 5. The average Bonchev–Trinajstić information content (AvgIpc) is 3.01. The Hall–Kier alpha value is -4.64. The Balaban J connectivity index is 1.09. The number of fused-ring (bicyclic) bond motifs is 5. The molecule has 0 atom stereocenters. The van der Waals surface area contributed by atoms with Crippen LogP contribution in [-0.2, 0) is 35.9 Å². The van der Waals surface area contributed by atoms with Gasteiger partial charge in [-0.1, -0.05) is 109 Å². The number of pyridine rings is 2. The lowest BCUT2D eigenvalue weighted by atomic mass is 10.1. The SMILES string of the molecule is c1ccc2c(COCc3ccc4ccc5ccc(COCc6cccc7ccccc67)nc5c4n3)cccc2c1. The number of aromatic nitrogens is 2. The van der Waals surface area contributed by atoms with E-state index in [0.717, 1.165) is 33.2 Å². The van der Waals surface area contributed by atoms with Gasteiger partial charge in [0.1, 0.15) is 0 Å². The Morgan fingerprint density at radius 2 is 0.800 bits per heavy atom. The molecule has 0 aliphatic heterocycles. The summed E-state index contributed by atoms with van der Waals surface area (Å²) in [5.41, 5.74) is 5.91. The summed E-state index contributed by atoms with van der Waals surface area (Å²) in [7, 11) is 0. The largest absolute Gasteiger partial charge is 0.370 e. The van der Waals surface area contributed by atoms with Crippen molar-refractivity contribution in [2.75, 3.05) is 0 Å². The molecule has 0 aliphatic rings. The summed E-state index contributed by atoms with van der Waals surface area (Å²) < 4.78 is 12.2. The zero-order valence-corrected chi connectivity index (χ0v) is 22.1. The van der Waals surface area contributed by atoms with Gasteiger partial charge in [0, 0.05) is 10.8 Å². The summed E-state index contributed by atoms with van der Waals surface area (Å²) in [4.78, 5) is 9.94. The predicted octanol–water partition coefficient (Wildman–Crippen LogP) is 8.52. The first-order chi connectivity index (χ1) is 19.8. The van der Waals surface area contributed by atoms with Gasteiger partial charge < -0.3 is 9.47 Å². The van der Waals surface area contributed by atoms with Crippen LogP contribution in [0.3, 0.4) is 0 Å². The molecule has 2 heterocycles. The van der Waals surface area contributed by atoms with E-state index in [1.54, 1.807) is 0 Å². The second-order valence-corrected chi connectivity index (χ2v) is 10.1. The zero-order valence-electron chi connectivity index (χ0n) is 22.1. The minimum atomic E-state index is 0.434. The summed E-state index contributed by atoms with van der Waals surface area (Å²) in [6.07, 6.45) is 0. The maximum absolute atomic E-state index is 6.12. The normalized spacial score (nSPS) is 11.6. The van der Waals surface area contributed by atoms with Crippen LogP contribution in [0.1, 0.15) is 22.5 Å². The number of hydrogen-bond acceptors (Lipinski definition) is 4. The van der Waals surface area contributed by atoms with Gasteiger partial charge in [-0.3, -0.25) is 0 Å². The van der Waals surface area contributed by atoms with Gasteiger partial charge in [-0.05, 0) is 44.8 Å². The van der Waals surface area contributed by atoms with Crippen molar-refractivity contribution in [3.8, 4) is 0 Å². The van der Waals surface area contributed by atoms with E-state index in [1.807, 2.05) is 12.1 Å². The Kier molecular flexibility index (Phi) is 6.62. The molecule has 0 spiro atoms. The molecule has 7 rings (SSSR count). The fraction of sp³-hybridized carbons (Fsp3) is 0.111. The van der Waals surface area contributed by atoms with Crippen LogP contribution in [-0.4, -0.2) is 9.97 Å². The monoisotopic (exact) mass is 520 g/mol. The highest BCUT2D eigenvalue weighted by Gasteiger charge is 2.09. The lowest BCUT2D eigenvalue weighted by molar-refractivity contribution is 0.105. The highest BCUT2D eigenvalue weighted by atomic mass is 16.5. The second-order valence-electron chi connectivity index (χ2n) is 10.1. The average molecular weight is 521 g/mol. The van der Waals surface area contributed by atoms with Crippen LogP contribution in [0.2, 0.25) is 0 Å². The van der Waals surface area contributed by atoms with Crippen LogP contribution in [0, 0.1) is 0 Å². The van der Waals surface area contributed by atoms with Crippen molar-refractivity contribution in [2.24, 2.45) is 0 Å². The van der Waals surface area contributed by atoms with Gasteiger partial charge in [-0.25, -0.2) is 9.97 Å². The van der Waals surface area contributed by atoms with E-state index < -0.39 is 0 Å². The van der Waals surface area contributed by atoms with Gasteiger partial charge in [0.2, 0.25) is 0 Å². The molecule has 0 amide bonds. The summed E-state index contributed by atoms with van der Waals surface area (Å²) in [5, 5.41) is 7.02. The first-order valence-electron chi connectivity index (χ1n) is 13.6. The molecule has 0 unspecified atom stereocenters. The third-order valence-electron chi connectivity index (χ3n) is 7.41. The van der Waals surface area contributed by atoms with Crippen LogP contribution in [0.5, 0.6) is 0 Å². The van der Waals surface area contributed by atoms with E-state index in [4.69, 9.17) is 19.4 Å². The molecule has 194 valence electrons. The molecule has 0 saturated heterocycles. The van der Waals surface area contributed by atoms with Gasteiger partial charge in [-0.2, -0.15) is 0 Å². The summed E-state index contributed by atoms with van der Waals surface area (Å²) >= 11 is 0. The van der Waals surface area contributed by atoms with Crippen molar-refractivity contribution in [1.82, 2.24) is 9.97 Å². The fourth-order valence-electron chi connectivity index (χ4n) is 5.38. The highest BCUT2D eigenvalue weighted by Crippen LogP contribution is 2.25. The van der Waals surface area contributed by atoms with Gasteiger partial charge in [0.05, 0.1) is 48.8 Å². The first kappa shape index (κ1) is 24.4. The van der Waals surface area contributed by atoms with E-state index in [-0.39, 0.29) is 0 Å². The van der Waals surface area contributed by atoms with Crippen molar-refractivity contribution in [3.63, 3.8) is 0 Å². The number of ether oxygens (including phenoxy) is 2. The second kappa shape index (κ2) is 10.9. The molecular formula is C36H28N2O2. The Morgan fingerprint density at radius 3 is 1.30 bits per heavy atom. The molecule has 7 aromatic rings. The summed E-state index contributed by atoms with van der Waals surface area (Å²) in [5.74, 6) is 0. The lowest BCUT2D eigenvalue weighted by Gasteiger charge is -2.10. The molecule has 0 aliphatic carbocycles. The minimum absolute atomic E-state index is 0.434. The van der Waals surface area contributed by atoms with Crippen molar-refractivity contribution in [3.05, 3.63) is 144 Å². The smallest absolute Gasteiger partial charge is 0.0969 e. The topological polar surface area (TPSA) is 44.2 Å². The standard InChI is InChI=1S/C36H28N2O2/c1-3-13-33-25(7-1)9-5-11-29(33)21-39-23-31-19-17-27-15-16-28-18-20-32(38-36(28)35(27)37-31)24-40-22-30-12-6-10-26-8-2-4-14-34(26)30/h1-20H,21-24H2. The Labute approximate surface area is 232 Å². The van der Waals surface area contributed by atoms with Gasteiger partial charge in [0.25, 0.3) is 0 Å². The van der Waals surface area contributed by atoms with Crippen LogP contribution < -0.4 is 0 Å². The predicted molar refractivity (Wildman–Crippen MR) is 162 cm³/mol. The first-order valence-corrected chi connectivity index (χ1v) is 13.6. The molecular weight excluding hydrogens is 492 g/mol. The molecule has 4 heteroatoms.